The third-order valence-electron chi connectivity index (χ3n) is 3.35. The smallest absolute Gasteiger partial charge is 0.236 e. The van der Waals surface area contributed by atoms with Gasteiger partial charge in [0.05, 0.1) is 5.25 Å². The van der Waals surface area contributed by atoms with Crippen LogP contribution >= 0.6 is 0 Å². The Morgan fingerprint density at radius 1 is 1.44 bits per heavy atom. The summed E-state index contributed by atoms with van der Waals surface area (Å²) in [6.45, 7) is 0.274. The second-order valence-electron chi connectivity index (χ2n) is 4.79. The molecule has 2 rings (SSSR count). The first-order valence-corrected chi connectivity index (χ1v) is 7.82. The van der Waals surface area contributed by atoms with Crippen molar-refractivity contribution in [3.05, 3.63) is 11.8 Å². The summed E-state index contributed by atoms with van der Waals surface area (Å²) < 4.78 is 28.6. The summed E-state index contributed by atoms with van der Waals surface area (Å²) in [7, 11) is -1.59. The number of hydrogen-bond acceptors (Lipinski definition) is 4. The van der Waals surface area contributed by atoms with E-state index in [0.717, 1.165) is 37.7 Å². The van der Waals surface area contributed by atoms with Gasteiger partial charge in [-0.15, -0.1) is 0 Å². The van der Waals surface area contributed by atoms with Crippen LogP contribution in [-0.2, 0) is 23.6 Å². The largest absolute Gasteiger partial charge is 0.326 e. The summed E-state index contributed by atoms with van der Waals surface area (Å²) in [6.07, 6.45) is 6.30. The molecule has 1 aliphatic rings. The molecule has 0 aliphatic heterocycles. The Kier molecular flexibility index (Phi) is 3.91. The summed E-state index contributed by atoms with van der Waals surface area (Å²) in [5.74, 6) is 0.366. The Labute approximate surface area is 108 Å². The molecule has 18 heavy (non-hydrogen) atoms. The number of anilines is 1. The van der Waals surface area contributed by atoms with Crippen LogP contribution in [0.5, 0.6) is 0 Å². The van der Waals surface area contributed by atoms with Gasteiger partial charge < -0.3 is 5.73 Å². The van der Waals surface area contributed by atoms with Gasteiger partial charge in [-0.3, -0.25) is 9.40 Å². The molecule has 1 heterocycles. The maximum absolute atomic E-state index is 12.2. The van der Waals surface area contributed by atoms with Gasteiger partial charge in [0.15, 0.2) is 5.82 Å². The van der Waals surface area contributed by atoms with Crippen LogP contribution in [0.25, 0.3) is 0 Å². The highest BCUT2D eigenvalue weighted by Crippen LogP contribution is 2.25. The molecule has 1 fully saturated rings. The molecule has 1 saturated carbocycles. The van der Waals surface area contributed by atoms with Gasteiger partial charge in [-0.2, -0.15) is 5.10 Å². The molecule has 0 amide bonds. The topological polar surface area (TPSA) is 90.0 Å². The molecule has 0 radical (unpaired) electrons. The Bertz CT molecular complexity index is 503. The lowest BCUT2D eigenvalue weighted by Crippen LogP contribution is -2.30. The summed E-state index contributed by atoms with van der Waals surface area (Å²) in [5.41, 5.74) is 6.29. The van der Waals surface area contributed by atoms with Crippen LogP contribution in [0.3, 0.4) is 0 Å². The highest BCUT2D eigenvalue weighted by Gasteiger charge is 2.28. The number of aryl methyl sites for hydroxylation is 1. The molecule has 102 valence electrons. The van der Waals surface area contributed by atoms with Crippen molar-refractivity contribution in [2.45, 2.75) is 43.9 Å². The quantitative estimate of drug-likeness (QED) is 0.854. The minimum atomic E-state index is -3.34. The molecule has 0 aromatic carbocycles. The van der Waals surface area contributed by atoms with E-state index in [9.17, 15) is 8.42 Å². The molecule has 3 N–H and O–H groups in total. The van der Waals surface area contributed by atoms with E-state index in [0.29, 0.717) is 5.82 Å². The minimum absolute atomic E-state index is 0.274. The van der Waals surface area contributed by atoms with E-state index in [4.69, 9.17) is 5.73 Å². The molecule has 1 aliphatic carbocycles. The summed E-state index contributed by atoms with van der Waals surface area (Å²) in [5, 5.41) is 3.82. The van der Waals surface area contributed by atoms with Crippen LogP contribution < -0.4 is 10.5 Å². The SMILES string of the molecule is Cn1cc(CN)c(NS(=O)(=O)C2CCCCC2)n1. The first-order chi connectivity index (χ1) is 8.53. The van der Waals surface area contributed by atoms with E-state index < -0.39 is 10.0 Å². The fourth-order valence-corrected chi connectivity index (χ4v) is 3.93. The van der Waals surface area contributed by atoms with Crippen molar-refractivity contribution in [3.8, 4) is 0 Å². The van der Waals surface area contributed by atoms with Crippen LogP contribution in [-0.4, -0.2) is 23.4 Å². The molecule has 7 heteroatoms. The molecule has 1 aromatic rings. The Morgan fingerprint density at radius 2 is 2.11 bits per heavy atom. The molecule has 0 spiro atoms. The van der Waals surface area contributed by atoms with Crippen molar-refractivity contribution in [2.75, 3.05) is 4.72 Å². The number of rotatable bonds is 4. The number of nitrogens with one attached hydrogen (secondary N) is 1. The van der Waals surface area contributed by atoms with Crippen molar-refractivity contribution < 1.29 is 8.42 Å². The molecule has 1 aromatic heterocycles. The van der Waals surface area contributed by atoms with Crippen LogP contribution in [0.1, 0.15) is 37.7 Å². The van der Waals surface area contributed by atoms with Crippen LogP contribution in [0, 0.1) is 0 Å². The lowest BCUT2D eigenvalue weighted by atomic mass is 10.0. The molecule has 0 saturated heterocycles. The third kappa shape index (κ3) is 2.84. The van der Waals surface area contributed by atoms with Gasteiger partial charge in [0.25, 0.3) is 0 Å². The van der Waals surface area contributed by atoms with Gasteiger partial charge in [0, 0.05) is 25.4 Å². The van der Waals surface area contributed by atoms with E-state index in [1.807, 2.05) is 0 Å². The second-order valence-corrected chi connectivity index (χ2v) is 6.75. The Hall–Kier alpha value is -1.08. The Balaban J connectivity index is 2.16. The third-order valence-corrected chi connectivity index (χ3v) is 5.18. The lowest BCUT2D eigenvalue weighted by Gasteiger charge is -2.21. The van der Waals surface area contributed by atoms with Crippen molar-refractivity contribution in [2.24, 2.45) is 12.8 Å². The van der Waals surface area contributed by atoms with Gasteiger partial charge >= 0.3 is 0 Å². The van der Waals surface area contributed by atoms with E-state index >= 15 is 0 Å². The van der Waals surface area contributed by atoms with Crippen molar-refractivity contribution >= 4 is 15.8 Å². The predicted octanol–water partition coefficient (Wildman–Crippen LogP) is 0.953. The Morgan fingerprint density at radius 3 is 2.72 bits per heavy atom. The highest BCUT2D eigenvalue weighted by atomic mass is 32.2. The molecule has 0 unspecified atom stereocenters. The van der Waals surface area contributed by atoms with Gasteiger partial charge in [-0.1, -0.05) is 19.3 Å². The number of sulfonamides is 1. The maximum Gasteiger partial charge on any atom is 0.236 e. The zero-order valence-electron chi connectivity index (χ0n) is 10.6. The molecule has 0 atom stereocenters. The van der Waals surface area contributed by atoms with Gasteiger partial charge in [0.2, 0.25) is 10.0 Å². The minimum Gasteiger partial charge on any atom is -0.326 e. The molecule has 0 bridgehead atoms. The standard InChI is InChI=1S/C11H20N4O2S/c1-15-8-9(7-12)11(13-15)14-18(16,17)10-5-3-2-4-6-10/h8,10H,2-7,12H2,1H3,(H,13,14). The second kappa shape index (κ2) is 5.27. The summed E-state index contributed by atoms with van der Waals surface area (Å²) >= 11 is 0. The van der Waals surface area contributed by atoms with E-state index in [1.165, 1.54) is 0 Å². The number of aromatic nitrogens is 2. The van der Waals surface area contributed by atoms with E-state index in [-0.39, 0.29) is 11.8 Å². The lowest BCUT2D eigenvalue weighted by molar-refractivity contribution is 0.486. The van der Waals surface area contributed by atoms with Crippen molar-refractivity contribution in [1.82, 2.24) is 9.78 Å². The van der Waals surface area contributed by atoms with Crippen LogP contribution in [0.4, 0.5) is 5.82 Å². The van der Waals surface area contributed by atoms with Gasteiger partial charge in [0.1, 0.15) is 0 Å². The first kappa shape index (κ1) is 13.4. The van der Waals surface area contributed by atoms with Crippen molar-refractivity contribution in [3.63, 3.8) is 0 Å². The molecular formula is C11H20N4O2S. The van der Waals surface area contributed by atoms with E-state index in [2.05, 4.69) is 9.82 Å². The zero-order valence-corrected chi connectivity index (χ0v) is 11.4. The summed E-state index contributed by atoms with van der Waals surface area (Å²) in [4.78, 5) is 0. The normalized spacial score (nSPS) is 17.9. The van der Waals surface area contributed by atoms with Crippen LogP contribution in [0.2, 0.25) is 0 Å². The average molecular weight is 272 g/mol. The van der Waals surface area contributed by atoms with E-state index in [1.54, 1.807) is 17.9 Å². The van der Waals surface area contributed by atoms with Crippen LogP contribution in [0.15, 0.2) is 6.20 Å². The predicted molar refractivity (Wildman–Crippen MR) is 70.5 cm³/mol. The van der Waals surface area contributed by atoms with Crippen molar-refractivity contribution in [1.29, 1.82) is 0 Å². The monoisotopic (exact) mass is 272 g/mol. The average Bonchev–Trinajstić information content (AvgIpc) is 2.70. The fourth-order valence-electron chi connectivity index (χ4n) is 2.37. The zero-order chi connectivity index (χ0) is 13.2. The highest BCUT2D eigenvalue weighted by molar-refractivity contribution is 7.93. The molecular weight excluding hydrogens is 252 g/mol. The maximum atomic E-state index is 12.2. The summed E-state index contributed by atoms with van der Waals surface area (Å²) in [6, 6.07) is 0. The van der Waals surface area contributed by atoms with Gasteiger partial charge in [-0.05, 0) is 12.8 Å². The number of hydrogen-bond donors (Lipinski definition) is 2. The first-order valence-electron chi connectivity index (χ1n) is 6.27. The number of nitrogens with zero attached hydrogens (tertiary/aromatic N) is 2. The van der Waals surface area contributed by atoms with Gasteiger partial charge in [-0.25, -0.2) is 8.42 Å². The fraction of sp³-hybridized carbons (Fsp3) is 0.727. The molecule has 6 nitrogen and oxygen atoms in total. The number of nitrogens with two attached hydrogens (primary N) is 1.